The molecule has 0 saturated heterocycles. The molecular formula is C54H30F9N5. The highest BCUT2D eigenvalue weighted by Gasteiger charge is 2.39. The lowest BCUT2D eigenvalue weighted by Gasteiger charge is -2.22. The molecule has 0 aliphatic rings. The van der Waals surface area contributed by atoms with Crippen molar-refractivity contribution >= 4 is 43.6 Å². The van der Waals surface area contributed by atoms with Crippen LogP contribution in [0.3, 0.4) is 0 Å². The van der Waals surface area contributed by atoms with E-state index in [0.29, 0.717) is 44.6 Å². The Kier molecular flexibility index (Phi) is 9.78. The highest BCUT2D eigenvalue weighted by Crippen LogP contribution is 2.47. The first-order valence-corrected chi connectivity index (χ1v) is 21.1. The van der Waals surface area contributed by atoms with Crippen molar-refractivity contribution < 1.29 is 39.5 Å². The van der Waals surface area contributed by atoms with Gasteiger partial charge < -0.3 is 9.13 Å². The average molecular weight is 920 g/mol. The van der Waals surface area contributed by atoms with Gasteiger partial charge in [0, 0.05) is 43.8 Å². The second-order valence-corrected chi connectivity index (χ2v) is 16.1. The molecule has 0 N–H and O–H groups in total. The Morgan fingerprint density at radius 2 is 0.750 bits per heavy atom. The van der Waals surface area contributed by atoms with E-state index in [1.807, 2.05) is 60.7 Å². The molecule has 3 aromatic heterocycles. The monoisotopic (exact) mass is 919 g/mol. The molecule has 11 rings (SSSR count). The second kappa shape index (κ2) is 15.7. The van der Waals surface area contributed by atoms with Gasteiger partial charge in [0.05, 0.1) is 50.1 Å². The summed E-state index contributed by atoms with van der Waals surface area (Å²) < 4.78 is 136. The number of benzene rings is 8. The molecule has 0 atom stereocenters. The maximum atomic E-state index is 16.2. The average Bonchev–Trinajstić information content (AvgIpc) is 3.85. The van der Waals surface area contributed by atoms with Crippen LogP contribution in [0.25, 0.3) is 100 Å². The van der Waals surface area contributed by atoms with Gasteiger partial charge in [-0.3, -0.25) is 0 Å². The predicted molar refractivity (Wildman–Crippen MR) is 245 cm³/mol. The van der Waals surface area contributed by atoms with Gasteiger partial charge in [-0.25, -0.2) is 15.0 Å². The van der Waals surface area contributed by atoms with E-state index in [-0.39, 0.29) is 55.6 Å². The van der Waals surface area contributed by atoms with Gasteiger partial charge in [0.2, 0.25) is 0 Å². The Morgan fingerprint density at radius 1 is 0.309 bits per heavy atom. The molecule has 8 aromatic carbocycles. The van der Waals surface area contributed by atoms with Crippen molar-refractivity contribution in [2.24, 2.45) is 0 Å². The molecule has 14 heteroatoms. The molecule has 0 radical (unpaired) electrons. The first-order chi connectivity index (χ1) is 32.6. The standard InChI is InChI=1S/C54H30F9N5/c55-52(56,57)34-23-26-44-40(29-34)36-16-7-9-19-42(36)67(44)46-21-11-18-39(48(46)54(61,62)63)38-25-22-33(51-65-49(31-12-3-1-4-13-31)64-50(66-51)32-14-5-2-6-15-32)28-47(38)68-43-20-10-8-17-37(43)41-30-35(53(58,59)60)24-27-45(41)68/h1-30H. The first-order valence-electron chi connectivity index (χ1n) is 21.1. The minimum atomic E-state index is -5.07. The van der Waals surface area contributed by atoms with Crippen LogP contribution in [0.1, 0.15) is 16.7 Å². The number of rotatable bonds is 6. The molecule has 0 amide bonds. The number of nitrogens with zero attached hydrogens (tertiary/aromatic N) is 5. The SMILES string of the molecule is FC(F)(F)c1ccc2c(c1)c1ccccc1n2-c1cc(-c2nc(-c3ccccc3)nc(-c3ccccc3)n2)ccc1-c1cccc(-n2c3ccccc3c3cc(C(F)(F)F)ccc32)c1C(F)(F)F. The number of hydrogen-bond acceptors (Lipinski definition) is 3. The van der Waals surface area contributed by atoms with E-state index in [1.54, 1.807) is 65.2 Å². The summed E-state index contributed by atoms with van der Waals surface area (Å²) in [6.07, 6.45) is -14.5. The van der Waals surface area contributed by atoms with Gasteiger partial charge in [0.1, 0.15) is 0 Å². The zero-order chi connectivity index (χ0) is 47.1. The van der Waals surface area contributed by atoms with E-state index >= 15 is 13.2 Å². The van der Waals surface area contributed by atoms with E-state index in [9.17, 15) is 26.3 Å². The summed E-state index contributed by atoms with van der Waals surface area (Å²) in [5.41, 5.74) is -0.741. The molecule has 0 fully saturated rings. The molecular weight excluding hydrogens is 890 g/mol. The molecule has 11 aromatic rings. The van der Waals surface area contributed by atoms with Crippen molar-refractivity contribution in [1.29, 1.82) is 0 Å². The van der Waals surface area contributed by atoms with Gasteiger partial charge in [-0.05, 0) is 66.2 Å². The Bertz CT molecular complexity index is 3700. The fraction of sp³-hybridized carbons (Fsp3) is 0.0556. The van der Waals surface area contributed by atoms with E-state index in [4.69, 9.17) is 15.0 Å². The Labute approximate surface area is 380 Å². The molecule has 0 bridgehead atoms. The summed E-state index contributed by atoms with van der Waals surface area (Å²) in [6.45, 7) is 0. The molecule has 0 unspecified atom stereocenters. The number of alkyl halides is 9. The summed E-state index contributed by atoms with van der Waals surface area (Å²) in [5.74, 6) is 0.799. The van der Waals surface area contributed by atoms with Gasteiger partial charge in [0.15, 0.2) is 17.5 Å². The summed E-state index contributed by atoms with van der Waals surface area (Å²) in [5, 5.41) is 1.03. The summed E-state index contributed by atoms with van der Waals surface area (Å²) in [4.78, 5) is 14.5. The zero-order valence-electron chi connectivity index (χ0n) is 35.0. The van der Waals surface area contributed by atoms with Gasteiger partial charge in [0.25, 0.3) is 0 Å². The fourth-order valence-electron chi connectivity index (χ4n) is 9.09. The molecule has 68 heavy (non-hydrogen) atoms. The lowest BCUT2D eigenvalue weighted by molar-refractivity contribution is -0.138. The summed E-state index contributed by atoms with van der Waals surface area (Å²) in [7, 11) is 0. The van der Waals surface area contributed by atoms with Crippen molar-refractivity contribution in [3.8, 4) is 56.7 Å². The number of hydrogen-bond donors (Lipinski definition) is 0. The van der Waals surface area contributed by atoms with Crippen molar-refractivity contribution in [3.05, 3.63) is 199 Å². The van der Waals surface area contributed by atoms with Crippen molar-refractivity contribution in [3.63, 3.8) is 0 Å². The molecule has 334 valence electrons. The van der Waals surface area contributed by atoms with E-state index in [0.717, 1.165) is 24.3 Å². The Hall–Kier alpha value is -8.26. The molecule has 0 saturated carbocycles. The van der Waals surface area contributed by atoms with Crippen LogP contribution in [-0.2, 0) is 18.5 Å². The molecule has 3 heterocycles. The van der Waals surface area contributed by atoms with E-state index in [2.05, 4.69) is 0 Å². The van der Waals surface area contributed by atoms with Crippen LogP contribution >= 0.6 is 0 Å². The molecule has 0 spiro atoms. The van der Waals surface area contributed by atoms with Crippen molar-refractivity contribution in [2.45, 2.75) is 18.5 Å². The van der Waals surface area contributed by atoms with Crippen molar-refractivity contribution in [2.75, 3.05) is 0 Å². The maximum absolute atomic E-state index is 16.2. The fourth-order valence-corrected chi connectivity index (χ4v) is 9.09. The van der Waals surface area contributed by atoms with Crippen LogP contribution in [-0.4, -0.2) is 24.1 Å². The van der Waals surface area contributed by atoms with E-state index in [1.165, 1.54) is 41.0 Å². The third kappa shape index (κ3) is 7.19. The van der Waals surface area contributed by atoms with Gasteiger partial charge in [-0.2, -0.15) is 39.5 Å². The Morgan fingerprint density at radius 3 is 1.24 bits per heavy atom. The third-order valence-corrected chi connectivity index (χ3v) is 12.1. The van der Waals surface area contributed by atoms with Crippen molar-refractivity contribution in [1.82, 2.24) is 24.1 Å². The number of fused-ring (bicyclic) bond motifs is 6. The lowest BCUT2D eigenvalue weighted by atomic mass is 9.94. The van der Waals surface area contributed by atoms with Gasteiger partial charge >= 0.3 is 18.5 Å². The number of aromatic nitrogens is 5. The third-order valence-electron chi connectivity index (χ3n) is 12.1. The normalized spacial score (nSPS) is 12.5. The largest absolute Gasteiger partial charge is 0.419 e. The lowest BCUT2D eigenvalue weighted by Crippen LogP contribution is -2.14. The van der Waals surface area contributed by atoms with Gasteiger partial charge in [-0.15, -0.1) is 0 Å². The quantitative estimate of drug-likeness (QED) is 0.156. The molecule has 0 aliphatic heterocycles. The minimum absolute atomic E-state index is 0.0335. The van der Waals surface area contributed by atoms with Crippen LogP contribution in [0.4, 0.5) is 39.5 Å². The number of halogens is 9. The minimum Gasteiger partial charge on any atom is -0.309 e. The highest BCUT2D eigenvalue weighted by molar-refractivity contribution is 6.11. The highest BCUT2D eigenvalue weighted by atomic mass is 19.4. The van der Waals surface area contributed by atoms with Crippen LogP contribution < -0.4 is 0 Å². The zero-order valence-corrected chi connectivity index (χ0v) is 35.0. The summed E-state index contributed by atoms with van der Waals surface area (Å²) >= 11 is 0. The van der Waals surface area contributed by atoms with E-state index < -0.39 is 35.2 Å². The smallest absolute Gasteiger partial charge is 0.309 e. The first kappa shape index (κ1) is 42.4. The van der Waals surface area contributed by atoms with Crippen LogP contribution in [0.2, 0.25) is 0 Å². The van der Waals surface area contributed by atoms with Crippen LogP contribution in [0.15, 0.2) is 182 Å². The maximum Gasteiger partial charge on any atom is 0.419 e. The molecule has 5 nitrogen and oxygen atoms in total. The van der Waals surface area contributed by atoms with Crippen LogP contribution in [0.5, 0.6) is 0 Å². The summed E-state index contributed by atoms with van der Waals surface area (Å²) in [6, 6.07) is 46.2. The number of para-hydroxylation sites is 2. The predicted octanol–water partition coefficient (Wildman–Crippen LogP) is 15.8. The second-order valence-electron chi connectivity index (χ2n) is 16.1. The topological polar surface area (TPSA) is 48.5 Å². The Balaban J connectivity index is 1.23. The van der Waals surface area contributed by atoms with Gasteiger partial charge in [-0.1, -0.05) is 121 Å². The molecule has 0 aliphatic carbocycles. The van der Waals surface area contributed by atoms with Crippen LogP contribution in [0, 0.1) is 0 Å².